The molecule has 3 amide bonds. The van der Waals surface area contributed by atoms with Crippen molar-refractivity contribution in [2.24, 2.45) is 0 Å². The van der Waals surface area contributed by atoms with Gasteiger partial charge < -0.3 is 25.4 Å². The van der Waals surface area contributed by atoms with Crippen LogP contribution in [0.15, 0.2) is 48.5 Å². The van der Waals surface area contributed by atoms with Crippen LogP contribution in [0.1, 0.15) is 49.0 Å². The maximum absolute atomic E-state index is 13.4. The molecule has 15 heteroatoms. The first-order chi connectivity index (χ1) is 19.7. The smallest absolute Gasteiger partial charge is 0.481 e. The van der Waals surface area contributed by atoms with E-state index < -0.39 is 45.3 Å². The Morgan fingerprint density at radius 2 is 1.64 bits per heavy atom. The molecule has 3 N–H and O–H groups in total. The van der Waals surface area contributed by atoms with Gasteiger partial charge in [-0.3, -0.25) is 9.59 Å². The average molecular weight is 615 g/mol. The predicted octanol–water partition coefficient (Wildman–Crippen LogP) is 4.03. The third-order valence-corrected chi connectivity index (χ3v) is 8.89. The third-order valence-electron chi connectivity index (χ3n) is 6.61. The van der Waals surface area contributed by atoms with E-state index in [1.807, 2.05) is 0 Å². The lowest BCUT2D eigenvalue weighted by atomic mass is 10.0. The molecule has 230 valence electrons. The first kappa shape index (κ1) is 32.7. The van der Waals surface area contributed by atoms with Gasteiger partial charge in [-0.2, -0.15) is 0 Å². The molecule has 0 radical (unpaired) electrons. The Hall–Kier alpha value is -3.85. The highest BCUT2D eigenvalue weighted by atomic mass is 32.2. The highest BCUT2D eigenvalue weighted by molar-refractivity contribution is 7.89. The zero-order chi connectivity index (χ0) is 31.1. The molecule has 1 heterocycles. The zero-order valence-corrected chi connectivity index (χ0v) is 23.9. The summed E-state index contributed by atoms with van der Waals surface area (Å²) in [6.45, 7) is 3.70. The summed E-state index contributed by atoms with van der Waals surface area (Å²) in [7, 11) is -3.47. The number of halogens is 3. The number of urea groups is 1. The molecule has 1 aliphatic heterocycles. The quantitative estimate of drug-likeness (QED) is 0.347. The standard InChI is InChI=1S/C27H33F3N4O7S/c1-18(2)42(39,40)33-15-12-22(13-16-33)34(26(38)32-21-7-9-23(10-8-21)41-27(28,29)30)17-19-3-5-20(6-4-19)25(37)31-14-11-24(35)36/h3-10,18,22H,11-17H2,1-2H3,(H,31,37)(H,32,38)(H,35,36). The number of amides is 3. The van der Waals surface area contributed by atoms with Crippen LogP contribution in [0.2, 0.25) is 0 Å². The number of hydrogen-bond acceptors (Lipinski definition) is 6. The molecule has 3 rings (SSSR count). The van der Waals surface area contributed by atoms with Gasteiger partial charge in [-0.1, -0.05) is 12.1 Å². The minimum atomic E-state index is -4.85. The largest absolute Gasteiger partial charge is 0.573 e. The Morgan fingerprint density at radius 1 is 1.05 bits per heavy atom. The number of carboxylic acids is 1. The number of sulfonamides is 1. The van der Waals surface area contributed by atoms with Crippen LogP contribution in [0.25, 0.3) is 0 Å². The van der Waals surface area contributed by atoms with E-state index in [1.54, 1.807) is 38.1 Å². The first-order valence-corrected chi connectivity index (χ1v) is 14.7. The molecule has 2 aromatic rings. The van der Waals surface area contributed by atoms with Gasteiger partial charge in [-0.25, -0.2) is 17.5 Å². The summed E-state index contributed by atoms with van der Waals surface area (Å²) in [4.78, 5) is 37.9. The van der Waals surface area contributed by atoms with Crippen molar-refractivity contribution in [2.45, 2.75) is 57.3 Å². The van der Waals surface area contributed by atoms with Gasteiger partial charge in [0.25, 0.3) is 5.91 Å². The van der Waals surface area contributed by atoms with E-state index in [-0.39, 0.29) is 44.3 Å². The second-order valence-corrected chi connectivity index (χ2v) is 12.4. The predicted molar refractivity (Wildman–Crippen MR) is 147 cm³/mol. The number of ether oxygens (including phenoxy) is 1. The Morgan fingerprint density at radius 3 is 2.17 bits per heavy atom. The summed E-state index contributed by atoms with van der Waals surface area (Å²) >= 11 is 0. The number of hydrogen-bond donors (Lipinski definition) is 3. The molecule has 11 nitrogen and oxygen atoms in total. The second kappa shape index (κ2) is 13.9. The maximum Gasteiger partial charge on any atom is 0.573 e. The molecule has 1 aliphatic rings. The lowest BCUT2D eigenvalue weighted by Crippen LogP contribution is -2.50. The van der Waals surface area contributed by atoms with Crippen LogP contribution in [0.4, 0.5) is 23.7 Å². The fourth-order valence-corrected chi connectivity index (χ4v) is 5.67. The molecule has 0 aliphatic carbocycles. The summed E-state index contributed by atoms with van der Waals surface area (Å²) in [5.41, 5.74) is 1.19. The van der Waals surface area contributed by atoms with Crippen molar-refractivity contribution in [3.63, 3.8) is 0 Å². The van der Waals surface area contributed by atoms with Crippen molar-refractivity contribution in [2.75, 3.05) is 25.0 Å². The van der Waals surface area contributed by atoms with E-state index in [0.29, 0.717) is 24.0 Å². The molecule has 0 saturated carbocycles. The number of carboxylic acid groups (broad SMARTS) is 1. The van der Waals surface area contributed by atoms with Crippen molar-refractivity contribution >= 4 is 33.6 Å². The lowest BCUT2D eigenvalue weighted by Gasteiger charge is -2.38. The van der Waals surface area contributed by atoms with Crippen molar-refractivity contribution in [1.29, 1.82) is 0 Å². The lowest BCUT2D eigenvalue weighted by molar-refractivity contribution is -0.274. The summed E-state index contributed by atoms with van der Waals surface area (Å²) in [5, 5.41) is 13.3. The van der Waals surface area contributed by atoms with Crippen LogP contribution in [0, 0.1) is 0 Å². The minimum absolute atomic E-state index is 0.0294. The first-order valence-electron chi connectivity index (χ1n) is 13.2. The third kappa shape index (κ3) is 9.34. The van der Waals surface area contributed by atoms with Gasteiger partial charge in [-0.15, -0.1) is 13.2 Å². The highest BCUT2D eigenvalue weighted by Crippen LogP contribution is 2.26. The molecule has 0 atom stereocenters. The van der Waals surface area contributed by atoms with Gasteiger partial charge in [0.1, 0.15) is 5.75 Å². The number of carbonyl (C=O) groups excluding carboxylic acids is 2. The van der Waals surface area contributed by atoms with Crippen LogP contribution >= 0.6 is 0 Å². The number of rotatable bonds is 11. The van der Waals surface area contributed by atoms with E-state index in [9.17, 15) is 36.0 Å². The SMILES string of the molecule is CC(C)S(=O)(=O)N1CCC(N(Cc2ccc(C(=O)NCCC(=O)O)cc2)C(=O)Nc2ccc(OC(F)(F)F)cc2)CC1. The monoisotopic (exact) mass is 614 g/mol. The van der Waals surface area contributed by atoms with Crippen LogP contribution in [0.5, 0.6) is 5.75 Å². The van der Waals surface area contributed by atoms with Crippen molar-refractivity contribution in [3.05, 3.63) is 59.7 Å². The number of anilines is 1. The molecular weight excluding hydrogens is 581 g/mol. The van der Waals surface area contributed by atoms with E-state index in [2.05, 4.69) is 15.4 Å². The Bertz CT molecular complexity index is 1340. The van der Waals surface area contributed by atoms with Crippen LogP contribution < -0.4 is 15.4 Å². The Balaban J connectivity index is 1.75. The Labute approximate surface area is 241 Å². The maximum atomic E-state index is 13.4. The normalized spacial score (nSPS) is 14.8. The zero-order valence-electron chi connectivity index (χ0n) is 23.1. The Kier molecular flexibility index (Phi) is 10.8. The number of nitrogens with zero attached hydrogens (tertiary/aromatic N) is 2. The summed E-state index contributed by atoms with van der Waals surface area (Å²) in [6.07, 6.45) is -4.35. The summed E-state index contributed by atoms with van der Waals surface area (Å²) in [6, 6.07) is 10.2. The molecule has 0 bridgehead atoms. The van der Waals surface area contributed by atoms with Gasteiger partial charge in [0.05, 0.1) is 11.7 Å². The molecule has 0 spiro atoms. The molecule has 0 aromatic heterocycles. The molecule has 1 fully saturated rings. The number of carbonyl (C=O) groups is 3. The average Bonchev–Trinajstić information content (AvgIpc) is 2.92. The number of nitrogens with one attached hydrogen (secondary N) is 2. The van der Waals surface area contributed by atoms with E-state index >= 15 is 0 Å². The molecule has 1 saturated heterocycles. The summed E-state index contributed by atoms with van der Waals surface area (Å²) in [5.74, 6) is -1.93. The van der Waals surface area contributed by atoms with Crippen molar-refractivity contribution in [3.8, 4) is 5.75 Å². The van der Waals surface area contributed by atoms with Gasteiger partial charge in [0.15, 0.2) is 0 Å². The minimum Gasteiger partial charge on any atom is -0.481 e. The number of alkyl halides is 3. The number of benzene rings is 2. The van der Waals surface area contributed by atoms with Crippen LogP contribution in [-0.4, -0.2) is 77.9 Å². The van der Waals surface area contributed by atoms with Crippen molar-refractivity contribution in [1.82, 2.24) is 14.5 Å². The van der Waals surface area contributed by atoms with Crippen LogP contribution in [0.3, 0.4) is 0 Å². The molecule has 0 unspecified atom stereocenters. The number of aliphatic carboxylic acids is 1. The molecule has 2 aromatic carbocycles. The van der Waals surface area contributed by atoms with Crippen molar-refractivity contribution < 1.29 is 45.8 Å². The van der Waals surface area contributed by atoms with Gasteiger partial charge in [0.2, 0.25) is 10.0 Å². The fraction of sp³-hybridized carbons (Fsp3) is 0.444. The highest BCUT2D eigenvalue weighted by Gasteiger charge is 2.34. The number of piperidine rings is 1. The fourth-order valence-electron chi connectivity index (χ4n) is 4.35. The van der Waals surface area contributed by atoms with Gasteiger partial charge in [0, 0.05) is 43.5 Å². The van der Waals surface area contributed by atoms with Gasteiger partial charge >= 0.3 is 18.4 Å². The summed E-state index contributed by atoms with van der Waals surface area (Å²) < 4.78 is 68.0. The van der Waals surface area contributed by atoms with E-state index in [0.717, 1.165) is 12.1 Å². The molecule has 42 heavy (non-hydrogen) atoms. The topological polar surface area (TPSA) is 145 Å². The van der Waals surface area contributed by atoms with E-state index in [1.165, 1.54) is 21.3 Å². The van der Waals surface area contributed by atoms with Gasteiger partial charge in [-0.05, 0) is 68.7 Å². The van der Waals surface area contributed by atoms with Crippen LogP contribution in [-0.2, 0) is 21.4 Å². The molecular formula is C27H33F3N4O7S. The second-order valence-electron chi connectivity index (χ2n) is 9.95. The van der Waals surface area contributed by atoms with E-state index in [4.69, 9.17) is 5.11 Å².